The first-order chi connectivity index (χ1) is 22.8. The first-order valence-corrected chi connectivity index (χ1v) is 15.8. The third-order valence-corrected chi connectivity index (χ3v) is 7.86. The molecule has 1 radical (unpaired) electrons. The van der Waals surface area contributed by atoms with Gasteiger partial charge in [-0.2, -0.15) is 15.3 Å². The minimum atomic E-state index is -4.62. The van der Waals surface area contributed by atoms with E-state index in [9.17, 15) is 33.1 Å². The van der Waals surface area contributed by atoms with Gasteiger partial charge in [0.25, 0.3) is 5.56 Å². The summed E-state index contributed by atoms with van der Waals surface area (Å²) >= 11 is 11.6. The molecule has 247 valence electrons. The van der Waals surface area contributed by atoms with Gasteiger partial charge in [-0.25, -0.2) is 8.42 Å². The Hall–Kier alpha value is -5.01. The van der Waals surface area contributed by atoms with Crippen molar-refractivity contribution in [2.24, 2.45) is 20.5 Å². The molecule has 0 amide bonds. The third kappa shape index (κ3) is 8.73. The van der Waals surface area contributed by atoms with Crippen molar-refractivity contribution >= 4 is 66.8 Å². The Balaban J connectivity index is 0.000000335. The molecule has 6 aromatic rings. The maximum Gasteiger partial charge on any atom is 3.00 e. The predicted molar refractivity (Wildman–Crippen MR) is 174 cm³/mol. The quantitative estimate of drug-likeness (QED) is 0.136. The van der Waals surface area contributed by atoms with Crippen LogP contribution in [-0.2, 0) is 27.5 Å². The smallest absolute Gasteiger partial charge is 0.871 e. The van der Waals surface area contributed by atoms with Crippen LogP contribution in [0.1, 0.15) is 8.55 Å². The number of hydrogen-bond acceptors (Lipinski definition) is 11. The maximum absolute atomic E-state index is 12.4. The molecule has 0 bridgehead atoms. The number of aromatic nitrogens is 2. The van der Waals surface area contributed by atoms with Crippen LogP contribution in [0.25, 0.3) is 16.5 Å². The number of fused-ring (bicyclic) bond motifs is 1. The van der Waals surface area contributed by atoms with Gasteiger partial charge in [0, 0.05) is 21.1 Å². The van der Waals surface area contributed by atoms with E-state index in [0.717, 1.165) is 12.1 Å². The van der Waals surface area contributed by atoms with Crippen molar-refractivity contribution < 1.29 is 48.5 Å². The van der Waals surface area contributed by atoms with Crippen molar-refractivity contribution in [3.05, 3.63) is 123 Å². The van der Waals surface area contributed by atoms with Crippen LogP contribution < -0.4 is 26.0 Å². The van der Waals surface area contributed by atoms with E-state index in [2.05, 4.69) is 25.6 Å². The molecule has 0 saturated carbocycles. The van der Waals surface area contributed by atoms with E-state index in [-0.39, 0.29) is 48.7 Å². The van der Waals surface area contributed by atoms with E-state index in [1.54, 1.807) is 19.1 Å². The van der Waals surface area contributed by atoms with Gasteiger partial charge < -0.3 is 29.7 Å². The molecule has 6 rings (SSSR count). The minimum absolute atomic E-state index is 0. The second-order valence-electron chi connectivity index (χ2n) is 9.86. The molecule has 0 aliphatic rings. The van der Waals surface area contributed by atoms with Crippen LogP contribution in [0.3, 0.4) is 0 Å². The number of hydrogen-bond donors (Lipinski definition) is 0. The fraction of sp³-hybridized carbons (Fsp3) is 0.0312. The van der Waals surface area contributed by atoms with Crippen molar-refractivity contribution in [1.29, 1.82) is 0 Å². The van der Waals surface area contributed by atoms with Gasteiger partial charge in [-0.15, -0.1) is 10.8 Å². The summed E-state index contributed by atoms with van der Waals surface area (Å²) < 4.78 is 34.6. The van der Waals surface area contributed by atoms with Gasteiger partial charge in [0.2, 0.25) is 0 Å². The number of aryl methyl sites for hydroxylation is 1. The van der Waals surface area contributed by atoms with Gasteiger partial charge in [-0.3, -0.25) is 4.79 Å². The SMILES string of the molecule is Cc1[n-]n(-c2ccccc2)c(=O)c1N=Nc1cc(Cl)ccc1[O-].O=S(=O)([O-])c1ccc2c(N=Nc3cc(Cl)ccc3[O-])c([O-])ccc2c1.[Cr+3].[H+].[H+]. The average molecular weight is 757 g/mol. The van der Waals surface area contributed by atoms with Crippen LogP contribution in [0.5, 0.6) is 17.2 Å². The summed E-state index contributed by atoms with van der Waals surface area (Å²) in [4.78, 5) is 12.0. The summed E-state index contributed by atoms with van der Waals surface area (Å²) in [6, 6.07) is 23.2. The van der Waals surface area contributed by atoms with Crippen LogP contribution in [0, 0.1) is 6.92 Å². The van der Waals surface area contributed by atoms with Crippen molar-refractivity contribution in [3.63, 3.8) is 0 Å². The minimum Gasteiger partial charge on any atom is -0.871 e. The molecule has 0 unspecified atom stereocenters. The van der Waals surface area contributed by atoms with E-state index < -0.39 is 32.1 Å². The molecular formula is C32H21Cl2CrN6O7S. The van der Waals surface area contributed by atoms with Crippen molar-refractivity contribution in [2.75, 3.05) is 0 Å². The standard InChI is InChI=1S/C16H13ClN4O2.C16H11ClN2O5S.Cr/c1-10-15(19-18-13-9-11(17)7-8-14(13)22)16(23)21(20-10)12-5-3-2-4-6-12;17-10-2-6-14(20)13(8-10)18-19-16-12-4-3-11(25(22,23)24)7-9(12)1-5-15(16)21;/h2-9H,1H3,(H2,18,19,20,22,23);1-8,20-21H,(H,22,23,24);/q;;+3/p-3. The predicted octanol–water partition coefficient (Wildman–Crippen LogP) is 6.43. The Labute approximate surface area is 302 Å². The molecule has 0 atom stereocenters. The zero-order valence-corrected chi connectivity index (χ0v) is 28.5. The number of azo groups is 2. The van der Waals surface area contributed by atoms with Gasteiger partial charge in [0.05, 0.1) is 22.0 Å². The third-order valence-electron chi connectivity index (χ3n) is 6.56. The van der Waals surface area contributed by atoms with Crippen LogP contribution in [0.2, 0.25) is 10.0 Å². The first-order valence-electron chi connectivity index (χ1n) is 13.6. The zero-order chi connectivity index (χ0) is 34.6. The second-order valence-corrected chi connectivity index (χ2v) is 12.1. The largest absolute Gasteiger partial charge is 3.00 e. The van der Waals surface area contributed by atoms with Crippen molar-refractivity contribution in [2.45, 2.75) is 11.8 Å². The van der Waals surface area contributed by atoms with Crippen molar-refractivity contribution in [1.82, 2.24) is 9.78 Å². The molecule has 0 saturated heterocycles. The number of halogens is 2. The summed E-state index contributed by atoms with van der Waals surface area (Å²) in [5.74, 6) is -1.21. The van der Waals surface area contributed by atoms with E-state index in [4.69, 9.17) is 23.2 Å². The molecule has 0 N–H and O–H groups in total. The summed E-state index contributed by atoms with van der Waals surface area (Å²) in [6.07, 6.45) is 0. The van der Waals surface area contributed by atoms with Gasteiger partial charge >= 0.3 is 20.2 Å². The van der Waals surface area contributed by atoms with Crippen LogP contribution in [-0.4, -0.2) is 17.7 Å². The topological polar surface area (TPSA) is 212 Å². The van der Waals surface area contributed by atoms with Gasteiger partial charge in [0.1, 0.15) is 15.8 Å². The number of para-hydroxylation sites is 1. The summed E-state index contributed by atoms with van der Waals surface area (Å²) in [6.45, 7) is 1.66. The average Bonchev–Trinajstić information content (AvgIpc) is 3.34. The molecule has 1 heterocycles. The molecule has 1 aromatic heterocycles. The van der Waals surface area contributed by atoms with Gasteiger partial charge in [-0.1, -0.05) is 95.9 Å². The van der Waals surface area contributed by atoms with Crippen LogP contribution >= 0.6 is 23.2 Å². The summed E-state index contributed by atoms with van der Waals surface area (Å²) in [7, 11) is -4.62. The number of benzene rings is 5. The van der Waals surface area contributed by atoms with Gasteiger partial charge in [-0.05, 0) is 53.9 Å². The zero-order valence-electron chi connectivity index (χ0n) is 26.9. The van der Waals surface area contributed by atoms with Crippen molar-refractivity contribution in [3.8, 4) is 22.9 Å². The Bertz CT molecular complexity index is 2400. The first kappa shape index (κ1) is 36.8. The summed E-state index contributed by atoms with van der Waals surface area (Å²) in [5.41, 5.74) is 0.713. The second kappa shape index (κ2) is 15.5. The fourth-order valence-corrected chi connectivity index (χ4v) is 5.07. The molecule has 17 heteroatoms. The fourth-order valence-electron chi connectivity index (χ4n) is 4.23. The Morgan fingerprint density at radius 2 is 1.27 bits per heavy atom. The molecule has 49 heavy (non-hydrogen) atoms. The van der Waals surface area contributed by atoms with E-state index >= 15 is 0 Å². The molecule has 0 fully saturated rings. The monoisotopic (exact) mass is 755 g/mol. The molecule has 0 spiro atoms. The Morgan fingerprint density at radius 1 is 0.714 bits per heavy atom. The van der Waals surface area contributed by atoms with Crippen LogP contribution in [0.4, 0.5) is 22.7 Å². The number of rotatable bonds is 6. The maximum atomic E-state index is 12.4. The van der Waals surface area contributed by atoms with E-state index in [1.165, 1.54) is 59.3 Å². The molecule has 0 aliphatic heterocycles. The van der Waals surface area contributed by atoms with E-state index in [1.807, 2.05) is 18.2 Å². The van der Waals surface area contributed by atoms with Crippen LogP contribution in [0.15, 0.2) is 127 Å². The molecular weight excluding hydrogens is 735 g/mol. The normalized spacial score (nSPS) is 11.4. The van der Waals surface area contributed by atoms with E-state index in [0.29, 0.717) is 32.2 Å². The molecule has 5 aromatic carbocycles. The van der Waals surface area contributed by atoms with Gasteiger partial charge in [0.15, 0.2) is 0 Å². The molecule has 0 aliphatic carbocycles. The number of nitrogens with zero attached hydrogens (tertiary/aromatic N) is 6. The Kier molecular flexibility index (Phi) is 11.6. The summed E-state index contributed by atoms with van der Waals surface area (Å²) in [5, 5.41) is 56.2. The molecule has 13 nitrogen and oxygen atoms in total. The Morgan fingerprint density at radius 3 is 1.84 bits per heavy atom.